The molecule has 0 aliphatic heterocycles. The lowest BCUT2D eigenvalue weighted by molar-refractivity contribution is 0.523. The van der Waals surface area contributed by atoms with Crippen LogP contribution in [0.5, 0.6) is 0 Å². The lowest BCUT2D eigenvalue weighted by Gasteiger charge is -2.16. The summed E-state index contributed by atoms with van der Waals surface area (Å²) in [6, 6.07) is 6.99. The van der Waals surface area contributed by atoms with E-state index in [4.69, 9.17) is 5.73 Å². The van der Waals surface area contributed by atoms with Gasteiger partial charge in [-0.3, -0.25) is 0 Å². The van der Waals surface area contributed by atoms with Gasteiger partial charge in [0.05, 0.1) is 0 Å². The second-order valence-corrected chi connectivity index (χ2v) is 4.86. The second kappa shape index (κ2) is 5.44. The summed E-state index contributed by atoms with van der Waals surface area (Å²) in [7, 11) is 0. The van der Waals surface area contributed by atoms with Crippen molar-refractivity contribution in [3.05, 3.63) is 35.6 Å². The number of nitrogens with two attached hydrogens (primary N) is 1. The molecular formula is C14H20FN. The quantitative estimate of drug-likeness (QED) is 0.782. The van der Waals surface area contributed by atoms with E-state index in [1.165, 1.54) is 24.8 Å². The van der Waals surface area contributed by atoms with E-state index in [0.29, 0.717) is 5.92 Å². The number of benzene rings is 1. The number of hydrogen-bond donors (Lipinski definition) is 1. The molecule has 1 saturated carbocycles. The summed E-state index contributed by atoms with van der Waals surface area (Å²) < 4.78 is 12.9. The molecule has 1 aromatic rings. The molecule has 0 bridgehead atoms. The minimum absolute atomic E-state index is 0.146. The molecule has 2 N–H and O–H groups in total. The molecule has 0 heterocycles. The Balaban J connectivity index is 2.00. The van der Waals surface area contributed by atoms with Crippen molar-refractivity contribution in [2.75, 3.05) is 6.54 Å². The molecule has 2 heteroatoms. The van der Waals surface area contributed by atoms with Crippen molar-refractivity contribution in [1.29, 1.82) is 0 Å². The average Bonchev–Trinajstić information content (AvgIpc) is 3.09. The fourth-order valence-corrected chi connectivity index (χ4v) is 2.28. The minimum Gasteiger partial charge on any atom is -0.330 e. The van der Waals surface area contributed by atoms with E-state index < -0.39 is 0 Å². The van der Waals surface area contributed by atoms with Crippen LogP contribution in [0.25, 0.3) is 0 Å². The summed E-state index contributed by atoms with van der Waals surface area (Å²) in [6.45, 7) is 0.752. The van der Waals surface area contributed by atoms with Crippen molar-refractivity contribution in [1.82, 2.24) is 0 Å². The van der Waals surface area contributed by atoms with Crippen molar-refractivity contribution in [2.24, 2.45) is 11.7 Å². The van der Waals surface area contributed by atoms with Crippen molar-refractivity contribution in [3.8, 4) is 0 Å². The third kappa shape index (κ3) is 3.31. The molecule has 1 atom stereocenters. The summed E-state index contributed by atoms with van der Waals surface area (Å²) in [5.41, 5.74) is 6.84. The van der Waals surface area contributed by atoms with E-state index in [1.54, 1.807) is 12.1 Å². The van der Waals surface area contributed by atoms with Gasteiger partial charge >= 0.3 is 0 Å². The van der Waals surface area contributed by atoms with Crippen LogP contribution in [0.1, 0.15) is 43.6 Å². The van der Waals surface area contributed by atoms with E-state index >= 15 is 0 Å². The number of halogens is 1. The van der Waals surface area contributed by atoms with Gasteiger partial charge in [0.15, 0.2) is 0 Å². The summed E-state index contributed by atoms with van der Waals surface area (Å²) in [5.74, 6) is 1.34. The maximum atomic E-state index is 12.9. The summed E-state index contributed by atoms with van der Waals surface area (Å²) in [4.78, 5) is 0. The van der Waals surface area contributed by atoms with Crippen molar-refractivity contribution >= 4 is 0 Å². The highest BCUT2D eigenvalue weighted by molar-refractivity contribution is 5.20. The van der Waals surface area contributed by atoms with Crippen LogP contribution < -0.4 is 5.73 Å². The topological polar surface area (TPSA) is 26.0 Å². The van der Waals surface area contributed by atoms with Gasteiger partial charge in [-0.2, -0.15) is 0 Å². The predicted molar refractivity (Wildman–Crippen MR) is 64.8 cm³/mol. The second-order valence-electron chi connectivity index (χ2n) is 4.86. The van der Waals surface area contributed by atoms with Gasteiger partial charge in [-0.05, 0) is 55.3 Å². The smallest absolute Gasteiger partial charge is 0.123 e. The number of rotatable bonds is 6. The van der Waals surface area contributed by atoms with Gasteiger partial charge in [0.2, 0.25) is 0 Å². The molecule has 2 rings (SSSR count). The first-order valence-electron chi connectivity index (χ1n) is 6.25. The van der Waals surface area contributed by atoms with E-state index in [0.717, 1.165) is 25.3 Å². The first-order valence-corrected chi connectivity index (χ1v) is 6.25. The van der Waals surface area contributed by atoms with Gasteiger partial charge in [-0.15, -0.1) is 0 Å². The Kier molecular flexibility index (Phi) is 3.94. The largest absolute Gasteiger partial charge is 0.330 e. The standard InChI is InChI=1S/C14H20FN/c15-14-7-5-12(6-8-14)13(2-1-9-16)10-11-3-4-11/h5-8,11,13H,1-4,9-10,16H2. The molecule has 1 aromatic carbocycles. The molecule has 0 amide bonds. The van der Waals surface area contributed by atoms with E-state index in [9.17, 15) is 4.39 Å². The third-order valence-corrected chi connectivity index (χ3v) is 3.41. The van der Waals surface area contributed by atoms with E-state index in [-0.39, 0.29) is 5.82 Å². The van der Waals surface area contributed by atoms with Gasteiger partial charge in [0.1, 0.15) is 5.82 Å². The Morgan fingerprint density at radius 1 is 1.25 bits per heavy atom. The zero-order chi connectivity index (χ0) is 11.4. The Labute approximate surface area is 96.9 Å². The molecule has 88 valence electrons. The molecule has 1 nitrogen and oxygen atoms in total. The van der Waals surface area contributed by atoms with Crippen LogP contribution >= 0.6 is 0 Å². The molecule has 1 aliphatic carbocycles. The first-order chi connectivity index (χ1) is 7.79. The summed E-state index contributed by atoms with van der Waals surface area (Å²) in [5, 5.41) is 0. The SMILES string of the molecule is NCCCC(CC1CC1)c1ccc(F)cc1. The Morgan fingerprint density at radius 2 is 1.94 bits per heavy atom. The van der Waals surface area contributed by atoms with Crippen LogP contribution in [0.4, 0.5) is 4.39 Å². The van der Waals surface area contributed by atoms with Crippen molar-refractivity contribution < 1.29 is 4.39 Å². The lowest BCUT2D eigenvalue weighted by Crippen LogP contribution is -2.05. The van der Waals surface area contributed by atoms with Gasteiger partial charge in [-0.1, -0.05) is 25.0 Å². The molecular weight excluding hydrogens is 201 g/mol. The lowest BCUT2D eigenvalue weighted by atomic mass is 9.89. The van der Waals surface area contributed by atoms with E-state index in [1.807, 2.05) is 12.1 Å². The molecule has 1 unspecified atom stereocenters. The highest BCUT2D eigenvalue weighted by Crippen LogP contribution is 2.40. The molecule has 0 radical (unpaired) electrons. The fraction of sp³-hybridized carbons (Fsp3) is 0.571. The summed E-state index contributed by atoms with van der Waals surface area (Å²) in [6.07, 6.45) is 6.21. The molecule has 1 aliphatic rings. The first kappa shape index (κ1) is 11.6. The monoisotopic (exact) mass is 221 g/mol. The van der Waals surface area contributed by atoms with Gasteiger partial charge in [0, 0.05) is 0 Å². The van der Waals surface area contributed by atoms with Crippen molar-refractivity contribution in [3.63, 3.8) is 0 Å². The van der Waals surface area contributed by atoms with Gasteiger partial charge in [-0.25, -0.2) is 4.39 Å². The van der Waals surface area contributed by atoms with Gasteiger partial charge < -0.3 is 5.73 Å². The summed E-state index contributed by atoms with van der Waals surface area (Å²) >= 11 is 0. The Bertz CT molecular complexity index is 316. The predicted octanol–water partition coefficient (Wildman–Crippen LogP) is 3.45. The minimum atomic E-state index is -0.146. The van der Waals surface area contributed by atoms with Crippen LogP contribution in [0, 0.1) is 11.7 Å². The van der Waals surface area contributed by atoms with Crippen molar-refractivity contribution in [2.45, 2.75) is 38.0 Å². The van der Waals surface area contributed by atoms with E-state index in [2.05, 4.69) is 0 Å². The van der Waals surface area contributed by atoms with Crippen LogP contribution in [-0.2, 0) is 0 Å². The maximum Gasteiger partial charge on any atom is 0.123 e. The van der Waals surface area contributed by atoms with Crippen LogP contribution in [0.15, 0.2) is 24.3 Å². The normalized spacial score (nSPS) is 17.4. The molecule has 0 spiro atoms. The molecule has 0 saturated heterocycles. The van der Waals surface area contributed by atoms with Crippen LogP contribution in [0.2, 0.25) is 0 Å². The van der Waals surface area contributed by atoms with Gasteiger partial charge in [0.25, 0.3) is 0 Å². The Hall–Kier alpha value is -0.890. The zero-order valence-electron chi connectivity index (χ0n) is 9.66. The molecule has 16 heavy (non-hydrogen) atoms. The highest BCUT2D eigenvalue weighted by atomic mass is 19.1. The molecule has 0 aromatic heterocycles. The highest BCUT2D eigenvalue weighted by Gasteiger charge is 2.25. The van der Waals surface area contributed by atoms with Crippen LogP contribution in [-0.4, -0.2) is 6.54 Å². The fourth-order valence-electron chi connectivity index (χ4n) is 2.28. The maximum absolute atomic E-state index is 12.9. The number of hydrogen-bond acceptors (Lipinski definition) is 1. The Morgan fingerprint density at radius 3 is 2.50 bits per heavy atom. The third-order valence-electron chi connectivity index (χ3n) is 3.41. The zero-order valence-corrected chi connectivity index (χ0v) is 9.66. The average molecular weight is 221 g/mol. The molecule has 1 fully saturated rings. The van der Waals surface area contributed by atoms with Crippen LogP contribution in [0.3, 0.4) is 0 Å².